The van der Waals surface area contributed by atoms with Crippen LogP contribution in [-0.2, 0) is 33.8 Å². The number of carboxylic acids is 1. The molecular formula is C30H32N4O4. The summed E-state index contributed by atoms with van der Waals surface area (Å²) >= 11 is 0. The van der Waals surface area contributed by atoms with Gasteiger partial charge < -0.3 is 20.6 Å². The first-order valence-electron chi connectivity index (χ1n) is 12.7. The van der Waals surface area contributed by atoms with Gasteiger partial charge in [-0.1, -0.05) is 54.6 Å². The molecule has 4 rings (SSSR count). The minimum absolute atomic E-state index is 0.0165. The Bertz CT molecular complexity index is 1320. The maximum Gasteiger partial charge on any atom is 0.303 e. The Morgan fingerprint density at radius 2 is 1.66 bits per heavy atom. The van der Waals surface area contributed by atoms with Crippen LogP contribution >= 0.6 is 0 Å². The third-order valence-corrected chi connectivity index (χ3v) is 6.72. The highest BCUT2D eigenvalue weighted by atomic mass is 16.4. The predicted octanol–water partition coefficient (Wildman–Crippen LogP) is 4.28. The lowest BCUT2D eigenvalue weighted by Gasteiger charge is -2.31. The van der Waals surface area contributed by atoms with Crippen molar-refractivity contribution in [2.45, 2.75) is 45.1 Å². The van der Waals surface area contributed by atoms with E-state index in [1.165, 1.54) is 0 Å². The van der Waals surface area contributed by atoms with Crippen LogP contribution < -0.4 is 15.5 Å². The highest BCUT2D eigenvalue weighted by molar-refractivity contribution is 5.97. The highest BCUT2D eigenvalue weighted by Crippen LogP contribution is 2.32. The van der Waals surface area contributed by atoms with Crippen LogP contribution in [0, 0.1) is 5.41 Å². The van der Waals surface area contributed by atoms with Crippen molar-refractivity contribution < 1.29 is 19.5 Å². The molecule has 0 aromatic heterocycles. The molecule has 0 bridgehead atoms. The molecule has 0 fully saturated rings. The number of amidine groups is 1. The number of nitrogens with two attached hydrogens (primary N) is 1. The number of nitrogens with one attached hydrogen (secondary N) is 1. The van der Waals surface area contributed by atoms with Crippen LogP contribution in [0.4, 0.5) is 11.4 Å². The summed E-state index contributed by atoms with van der Waals surface area (Å²) in [6.45, 7) is 0.975. The first-order chi connectivity index (χ1) is 18.3. The van der Waals surface area contributed by atoms with Crippen LogP contribution in [-0.4, -0.2) is 35.3 Å². The molecule has 1 heterocycles. The van der Waals surface area contributed by atoms with Gasteiger partial charge in [-0.25, -0.2) is 0 Å². The van der Waals surface area contributed by atoms with Crippen LogP contribution in [0.2, 0.25) is 0 Å². The smallest absolute Gasteiger partial charge is 0.303 e. The Morgan fingerprint density at radius 3 is 2.34 bits per heavy atom. The lowest BCUT2D eigenvalue weighted by molar-refractivity contribution is -0.138. The molecule has 1 aliphatic rings. The summed E-state index contributed by atoms with van der Waals surface area (Å²) in [4.78, 5) is 40.8. The standard InChI is InChI=1S/C30H32N4O4/c31-30(32)23-11-8-21(9-12-23)10-15-27(35)33-18-4-7-24-19-25(13-14-26(24)33)34(28(36)16-17-29(37)38)20-22-5-2-1-3-6-22/h1-3,5-6,8-9,11-14,19H,4,7,10,15-18,20H2,(H3,31,32)(H,37,38). The van der Waals surface area contributed by atoms with Gasteiger partial charge >= 0.3 is 5.97 Å². The van der Waals surface area contributed by atoms with Crippen LogP contribution in [0.15, 0.2) is 72.8 Å². The average molecular weight is 513 g/mol. The number of rotatable bonds is 10. The van der Waals surface area contributed by atoms with Crippen molar-refractivity contribution in [3.8, 4) is 0 Å². The number of aliphatic carboxylic acids is 1. The third kappa shape index (κ3) is 6.64. The second-order valence-electron chi connectivity index (χ2n) is 9.43. The first-order valence-corrected chi connectivity index (χ1v) is 12.7. The Kier molecular flexibility index (Phi) is 8.53. The van der Waals surface area contributed by atoms with Crippen LogP contribution in [0.5, 0.6) is 0 Å². The molecule has 0 radical (unpaired) electrons. The lowest BCUT2D eigenvalue weighted by Crippen LogP contribution is -2.36. The topological polar surface area (TPSA) is 128 Å². The van der Waals surface area contributed by atoms with Gasteiger partial charge in [0.05, 0.1) is 13.0 Å². The van der Waals surface area contributed by atoms with Gasteiger partial charge in [0.25, 0.3) is 0 Å². The molecule has 0 saturated heterocycles. The van der Waals surface area contributed by atoms with E-state index in [0.717, 1.165) is 35.2 Å². The number of carbonyl (C=O) groups excluding carboxylic acids is 2. The molecule has 0 atom stereocenters. The van der Waals surface area contributed by atoms with Crippen molar-refractivity contribution in [2.75, 3.05) is 16.3 Å². The van der Waals surface area contributed by atoms with Crippen molar-refractivity contribution >= 4 is 35.0 Å². The quantitative estimate of drug-likeness (QED) is 0.276. The molecule has 3 aromatic carbocycles. The predicted molar refractivity (Wildman–Crippen MR) is 147 cm³/mol. The number of carboxylic acid groups (broad SMARTS) is 1. The molecule has 0 unspecified atom stereocenters. The van der Waals surface area contributed by atoms with E-state index >= 15 is 0 Å². The SMILES string of the molecule is N=C(N)c1ccc(CCC(=O)N2CCCc3cc(N(Cc4ccccc4)C(=O)CCC(=O)O)ccc32)cc1. The van der Waals surface area contributed by atoms with Crippen molar-refractivity contribution in [3.05, 3.63) is 95.1 Å². The maximum atomic E-state index is 13.2. The zero-order chi connectivity index (χ0) is 27.1. The number of benzene rings is 3. The summed E-state index contributed by atoms with van der Waals surface area (Å²) in [6, 6.07) is 22.6. The minimum Gasteiger partial charge on any atom is -0.481 e. The number of hydrogen-bond acceptors (Lipinski definition) is 4. The normalized spacial score (nSPS) is 12.5. The van der Waals surface area contributed by atoms with Gasteiger partial charge in [-0.2, -0.15) is 0 Å². The molecule has 38 heavy (non-hydrogen) atoms. The molecule has 8 nitrogen and oxygen atoms in total. The molecule has 2 amide bonds. The fourth-order valence-corrected chi connectivity index (χ4v) is 4.69. The van der Waals surface area contributed by atoms with E-state index in [0.29, 0.717) is 37.2 Å². The molecular weight excluding hydrogens is 480 g/mol. The zero-order valence-electron chi connectivity index (χ0n) is 21.2. The van der Waals surface area contributed by atoms with Gasteiger partial charge in [-0.3, -0.25) is 19.8 Å². The van der Waals surface area contributed by atoms with E-state index in [1.54, 1.807) is 17.0 Å². The number of carbonyl (C=O) groups is 3. The van der Waals surface area contributed by atoms with Crippen LogP contribution in [0.25, 0.3) is 0 Å². The number of nitrogen functional groups attached to an aromatic ring is 1. The summed E-state index contributed by atoms with van der Waals surface area (Å²) in [5, 5.41) is 16.6. The first kappa shape index (κ1) is 26.6. The van der Waals surface area contributed by atoms with E-state index in [9.17, 15) is 14.4 Å². The van der Waals surface area contributed by atoms with E-state index in [2.05, 4.69) is 0 Å². The van der Waals surface area contributed by atoms with Gasteiger partial charge in [-0.05, 0) is 54.2 Å². The molecule has 4 N–H and O–H groups in total. The summed E-state index contributed by atoms with van der Waals surface area (Å²) in [6.07, 6.45) is 2.24. The fourth-order valence-electron chi connectivity index (χ4n) is 4.69. The van der Waals surface area contributed by atoms with Gasteiger partial charge in [0, 0.05) is 36.3 Å². The molecule has 1 aliphatic heterocycles. The molecule has 196 valence electrons. The number of nitrogens with zero attached hydrogens (tertiary/aromatic N) is 2. The van der Waals surface area contributed by atoms with Crippen molar-refractivity contribution in [1.29, 1.82) is 5.41 Å². The number of anilines is 2. The van der Waals surface area contributed by atoms with Crippen molar-refractivity contribution in [2.24, 2.45) is 5.73 Å². The zero-order valence-corrected chi connectivity index (χ0v) is 21.2. The minimum atomic E-state index is -1.01. The second-order valence-corrected chi connectivity index (χ2v) is 9.43. The van der Waals surface area contributed by atoms with Gasteiger partial charge in [0.1, 0.15) is 5.84 Å². The second kappa shape index (κ2) is 12.2. The molecule has 8 heteroatoms. The largest absolute Gasteiger partial charge is 0.481 e. The monoisotopic (exact) mass is 512 g/mol. The Balaban J connectivity index is 1.51. The van der Waals surface area contributed by atoms with Gasteiger partial charge in [0.2, 0.25) is 11.8 Å². The number of hydrogen-bond donors (Lipinski definition) is 3. The number of amides is 2. The van der Waals surface area contributed by atoms with E-state index in [-0.39, 0.29) is 30.5 Å². The van der Waals surface area contributed by atoms with Crippen molar-refractivity contribution in [3.63, 3.8) is 0 Å². The Hall–Kier alpha value is -4.46. The lowest BCUT2D eigenvalue weighted by atomic mass is 9.99. The molecule has 0 spiro atoms. The Labute approximate surface area is 222 Å². The van der Waals surface area contributed by atoms with E-state index < -0.39 is 5.97 Å². The average Bonchev–Trinajstić information content (AvgIpc) is 2.93. The third-order valence-electron chi connectivity index (χ3n) is 6.72. The van der Waals surface area contributed by atoms with Crippen LogP contribution in [0.3, 0.4) is 0 Å². The van der Waals surface area contributed by atoms with E-state index in [4.69, 9.17) is 16.2 Å². The number of aryl methyl sites for hydroxylation is 2. The summed E-state index contributed by atoms with van der Waals surface area (Å²) < 4.78 is 0. The van der Waals surface area contributed by atoms with Gasteiger partial charge in [0.15, 0.2) is 0 Å². The van der Waals surface area contributed by atoms with Gasteiger partial charge in [-0.15, -0.1) is 0 Å². The van der Waals surface area contributed by atoms with E-state index in [1.807, 2.05) is 65.6 Å². The molecule has 0 saturated carbocycles. The van der Waals surface area contributed by atoms with Crippen molar-refractivity contribution in [1.82, 2.24) is 0 Å². The number of fused-ring (bicyclic) bond motifs is 1. The fraction of sp³-hybridized carbons (Fsp3) is 0.267. The summed E-state index contributed by atoms with van der Waals surface area (Å²) in [5.74, 6) is -1.21. The molecule has 3 aromatic rings. The maximum absolute atomic E-state index is 13.2. The summed E-state index contributed by atoms with van der Waals surface area (Å²) in [5.41, 5.74) is 10.7. The Morgan fingerprint density at radius 1 is 0.921 bits per heavy atom. The summed E-state index contributed by atoms with van der Waals surface area (Å²) in [7, 11) is 0. The molecule has 0 aliphatic carbocycles. The highest BCUT2D eigenvalue weighted by Gasteiger charge is 2.25. The van der Waals surface area contributed by atoms with Crippen LogP contribution in [0.1, 0.15) is 47.9 Å².